The van der Waals surface area contributed by atoms with Gasteiger partial charge in [-0.2, -0.15) is 0 Å². The highest BCUT2D eigenvalue weighted by atomic mass is 79.9. The third-order valence-corrected chi connectivity index (χ3v) is 4.67. The summed E-state index contributed by atoms with van der Waals surface area (Å²) in [4.78, 5) is 13.5. The van der Waals surface area contributed by atoms with E-state index in [-0.39, 0.29) is 0 Å². The number of aryl methyl sites for hydroxylation is 3. The quantitative estimate of drug-likeness (QED) is 0.652. The van der Waals surface area contributed by atoms with Gasteiger partial charge in [-0.3, -0.25) is 0 Å². The number of halogens is 2. The summed E-state index contributed by atoms with van der Waals surface area (Å²) < 4.78 is 3.00. The minimum absolute atomic E-state index is 0.380. The number of pyridine rings is 1. The molecule has 0 saturated carbocycles. The van der Waals surface area contributed by atoms with Crippen LogP contribution in [0.4, 0.5) is 0 Å². The Labute approximate surface area is 134 Å². The lowest BCUT2D eigenvalue weighted by Gasteiger charge is -2.05. The lowest BCUT2D eigenvalue weighted by atomic mass is 10.4. The fourth-order valence-electron chi connectivity index (χ4n) is 2.10. The summed E-state index contributed by atoms with van der Waals surface area (Å²) in [5.41, 5.74) is 2.81. The van der Waals surface area contributed by atoms with Crippen LogP contribution in [0.5, 0.6) is 0 Å². The molecule has 3 heterocycles. The van der Waals surface area contributed by atoms with Crippen LogP contribution in [-0.4, -0.2) is 19.5 Å². The third kappa shape index (κ3) is 2.73. The minimum Gasteiger partial charge on any atom is -0.311 e. The summed E-state index contributed by atoms with van der Waals surface area (Å²) in [5.74, 6) is 1.23. The topological polar surface area (TPSA) is 43.6 Å². The van der Waals surface area contributed by atoms with E-state index in [0.29, 0.717) is 5.88 Å². The van der Waals surface area contributed by atoms with Gasteiger partial charge in [0.1, 0.15) is 11.3 Å². The van der Waals surface area contributed by atoms with Crippen LogP contribution in [0.15, 0.2) is 22.1 Å². The smallest absolute Gasteiger partial charge is 0.160 e. The van der Waals surface area contributed by atoms with Crippen LogP contribution < -0.4 is 0 Å². The highest BCUT2D eigenvalue weighted by molar-refractivity contribution is 9.10. The van der Waals surface area contributed by atoms with Gasteiger partial charge in [-0.25, -0.2) is 15.0 Å². The van der Waals surface area contributed by atoms with Crippen molar-refractivity contribution in [3.63, 3.8) is 0 Å². The van der Waals surface area contributed by atoms with Crippen molar-refractivity contribution in [2.24, 2.45) is 0 Å². The summed E-state index contributed by atoms with van der Waals surface area (Å²) in [6, 6.07) is 1.96. The lowest BCUT2D eigenvalue weighted by Crippen LogP contribution is -2.05. The Hall–Kier alpha value is -0.980. The van der Waals surface area contributed by atoms with Gasteiger partial charge in [-0.05, 0) is 28.9 Å². The maximum Gasteiger partial charge on any atom is 0.160 e. The molecule has 3 aromatic heterocycles. The van der Waals surface area contributed by atoms with Crippen LogP contribution in [0, 0.1) is 6.92 Å². The summed E-state index contributed by atoms with van der Waals surface area (Å²) >= 11 is 11.1. The number of nitrogens with zero attached hydrogens (tertiary/aromatic N) is 4. The molecule has 0 saturated heterocycles. The zero-order valence-corrected chi connectivity index (χ0v) is 14.0. The molecule has 3 aromatic rings. The van der Waals surface area contributed by atoms with Crippen LogP contribution >= 0.6 is 38.9 Å². The number of hydrogen-bond donors (Lipinski definition) is 0. The Kier molecular flexibility index (Phi) is 4.05. The second-order valence-electron chi connectivity index (χ2n) is 4.44. The van der Waals surface area contributed by atoms with Gasteiger partial charge in [-0.15, -0.1) is 22.9 Å². The molecule has 4 nitrogen and oxygen atoms in total. The number of fused-ring (bicyclic) bond motifs is 1. The molecule has 7 heteroatoms. The van der Waals surface area contributed by atoms with E-state index in [0.717, 1.165) is 45.1 Å². The summed E-state index contributed by atoms with van der Waals surface area (Å²) in [6.45, 7) is 2.80. The predicted molar refractivity (Wildman–Crippen MR) is 85.3 cm³/mol. The molecular weight excluding hydrogens is 360 g/mol. The molecule has 0 aromatic carbocycles. The van der Waals surface area contributed by atoms with Crippen LogP contribution in [0.25, 0.3) is 11.2 Å². The van der Waals surface area contributed by atoms with Crippen molar-refractivity contribution in [3.8, 4) is 0 Å². The van der Waals surface area contributed by atoms with E-state index < -0.39 is 0 Å². The van der Waals surface area contributed by atoms with Gasteiger partial charge in [0.05, 0.1) is 10.9 Å². The first kappa shape index (κ1) is 14.0. The SMILES string of the molecule is Cc1csc(CCn2c(CCl)nc3cc(Br)cnc32)n1. The monoisotopic (exact) mass is 370 g/mol. The molecule has 3 rings (SSSR count). The Morgan fingerprint density at radius 1 is 1.40 bits per heavy atom. The molecule has 0 aliphatic rings. The van der Waals surface area contributed by atoms with E-state index in [1.165, 1.54) is 0 Å². The van der Waals surface area contributed by atoms with Crippen LogP contribution in [-0.2, 0) is 18.8 Å². The summed E-state index contributed by atoms with van der Waals surface area (Å²) in [7, 11) is 0. The van der Waals surface area contributed by atoms with E-state index in [1.807, 2.05) is 13.0 Å². The van der Waals surface area contributed by atoms with Crippen molar-refractivity contribution in [1.82, 2.24) is 19.5 Å². The standard InChI is InChI=1S/C13H12BrClN4S/c1-8-7-20-12(17-8)2-3-19-11(5-15)18-10-4-9(14)6-16-13(10)19/h4,6-7H,2-3,5H2,1H3. The highest BCUT2D eigenvalue weighted by Crippen LogP contribution is 2.20. The first-order valence-corrected chi connectivity index (χ1v) is 8.35. The minimum atomic E-state index is 0.380. The zero-order valence-electron chi connectivity index (χ0n) is 10.8. The molecule has 0 fully saturated rings. The normalized spacial score (nSPS) is 11.3. The maximum absolute atomic E-state index is 5.99. The second-order valence-corrected chi connectivity index (χ2v) is 6.57. The molecule has 20 heavy (non-hydrogen) atoms. The summed E-state index contributed by atoms with van der Waals surface area (Å²) in [5, 5.41) is 3.20. The van der Waals surface area contributed by atoms with Gasteiger partial charge in [-0.1, -0.05) is 0 Å². The Balaban J connectivity index is 1.93. The Bertz CT molecular complexity index is 752. The van der Waals surface area contributed by atoms with Crippen LogP contribution in [0.1, 0.15) is 16.5 Å². The fraction of sp³-hybridized carbons (Fsp3) is 0.308. The van der Waals surface area contributed by atoms with Crippen LogP contribution in [0.3, 0.4) is 0 Å². The van der Waals surface area contributed by atoms with E-state index in [4.69, 9.17) is 11.6 Å². The molecule has 0 unspecified atom stereocenters. The van der Waals surface area contributed by atoms with Crippen LogP contribution in [0.2, 0.25) is 0 Å². The number of alkyl halides is 1. The third-order valence-electron chi connectivity index (χ3n) is 2.97. The predicted octanol–water partition coefficient (Wildman–Crippen LogP) is 3.94. The molecule has 0 bridgehead atoms. The van der Waals surface area contributed by atoms with Gasteiger partial charge in [0.25, 0.3) is 0 Å². The van der Waals surface area contributed by atoms with Crippen molar-refractivity contribution in [2.75, 3.05) is 0 Å². The first-order chi connectivity index (χ1) is 9.67. The van der Waals surface area contributed by atoms with Gasteiger partial charge in [0.15, 0.2) is 5.65 Å². The average molecular weight is 372 g/mol. The number of hydrogen-bond acceptors (Lipinski definition) is 4. The van der Waals surface area contributed by atoms with Gasteiger partial charge >= 0.3 is 0 Å². The molecule has 0 atom stereocenters. The molecular formula is C13H12BrClN4S. The van der Waals surface area contributed by atoms with E-state index in [1.54, 1.807) is 17.5 Å². The van der Waals surface area contributed by atoms with Crippen molar-refractivity contribution in [1.29, 1.82) is 0 Å². The molecule has 104 valence electrons. The van der Waals surface area contributed by atoms with E-state index in [9.17, 15) is 0 Å². The number of rotatable bonds is 4. The van der Waals surface area contributed by atoms with E-state index in [2.05, 4.69) is 40.8 Å². The van der Waals surface area contributed by atoms with Gasteiger partial charge in [0, 0.05) is 34.7 Å². The number of aromatic nitrogens is 4. The van der Waals surface area contributed by atoms with Crippen molar-refractivity contribution < 1.29 is 0 Å². The largest absolute Gasteiger partial charge is 0.311 e. The molecule has 0 N–H and O–H groups in total. The van der Waals surface area contributed by atoms with Crippen molar-refractivity contribution in [3.05, 3.63) is 38.6 Å². The van der Waals surface area contributed by atoms with Gasteiger partial charge in [0.2, 0.25) is 0 Å². The number of imidazole rings is 1. The fourth-order valence-corrected chi connectivity index (χ4v) is 3.38. The molecule has 0 amide bonds. The zero-order chi connectivity index (χ0) is 14.1. The second kappa shape index (κ2) is 5.79. The first-order valence-electron chi connectivity index (χ1n) is 6.15. The molecule has 0 aliphatic carbocycles. The maximum atomic E-state index is 5.99. The molecule has 0 spiro atoms. The van der Waals surface area contributed by atoms with Gasteiger partial charge < -0.3 is 4.57 Å². The highest BCUT2D eigenvalue weighted by Gasteiger charge is 2.12. The average Bonchev–Trinajstić information content (AvgIpc) is 2.99. The van der Waals surface area contributed by atoms with E-state index >= 15 is 0 Å². The molecule has 0 aliphatic heterocycles. The number of thiazole rings is 1. The Morgan fingerprint density at radius 2 is 2.25 bits per heavy atom. The lowest BCUT2D eigenvalue weighted by molar-refractivity contribution is 0.679. The summed E-state index contributed by atoms with van der Waals surface area (Å²) in [6.07, 6.45) is 2.65. The molecule has 0 radical (unpaired) electrons. The van der Waals surface area contributed by atoms with Crippen molar-refractivity contribution >= 4 is 50.0 Å². The van der Waals surface area contributed by atoms with Crippen molar-refractivity contribution in [2.45, 2.75) is 25.8 Å². The Morgan fingerprint density at radius 3 is 2.95 bits per heavy atom.